The molecule has 0 amide bonds. The van der Waals surface area contributed by atoms with E-state index < -0.39 is 11.5 Å². The summed E-state index contributed by atoms with van der Waals surface area (Å²) < 4.78 is 28.4. The molecule has 0 radical (unpaired) electrons. The first-order chi connectivity index (χ1) is 6.87. The minimum Gasteiger partial charge on any atom is -0.481 e. The van der Waals surface area contributed by atoms with Gasteiger partial charge in [0, 0.05) is 11.6 Å². The maximum absolute atomic E-state index is 12.2. The second-order valence-electron chi connectivity index (χ2n) is 2.76. The fourth-order valence-corrected chi connectivity index (χ4v) is 1.07. The summed E-state index contributed by atoms with van der Waals surface area (Å²) in [5, 5.41) is 8.45. The summed E-state index contributed by atoms with van der Waals surface area (Å²) in [6.07, 6.45) is -0.169. The van der Waals surface area contributed by atoms with Crippen molar-refractivity contribution in [3.8, 4) is 5.75 Å². The van der Waals surface area contributed by atoms with E-state index in [-0.39, 0.29) is 12.2 Å². The molecule has 0 bridgehead atoms. The number of ether oxygens (including phenoxy) is 1. The summed E-state index contributed by atoms with van der Waals surface area (Å²) >= 11 is 4.54. The predicted molar refractivity (Wildman–Crippen MR) is 49.2 cm³/mol. The molecule has 82 valence electrons. The second kappa shape index (κ2) is 4.44. The van der Waals surface area contributed by atoms with Gasteiger partial charge < -0.3 is 9.84 Å². The van der Waals surface area contributed by atoms with Crippen LogP contribution in [0, 0.1) is 0 Å². The van der Waals surface area contributed by atoms with E-state index in [0.29, 0.717) is 5.56 Å². The van der Waals surface area contributed by atoms with Crippen LogP contribution in [0.3, 0.4) is 0 Å². The van der Waals surface area contributed by atoms with Crippen molar-refractivity contribution < 1.29 is 23.4 Å². The normalized spacial score (nSPS) is 11.1. The van der Waals surface area contributed by atoms with Crippen LogP contribution >= 0.6 is 11.6 Å². The number of hydrogen-bond donors (Lipinski definition) is 1. The van der Waals surface area contributed by atoms with Gasteiger partial charge in [0.2, 0.25) is 0 Å². The third-order valence-electron chi connectivity index (χ3n) is 1.51. The quantitative estimate of drug-likeness (QED) is 0.817. The summed E-state index contributed by atoms with van der Waals surface area (Å²) in [5.74, 6) is -1.12. The Morgan fingerprint density at radius 2 is 1.93 bits per heavy atom. The number of rotatable bonds is 4. The van der Waals surface area contributed by atoms with Crippen LogP contribution in [0.2, 0.25) is 0 Å². The first-order valence-corrected chi connectivity index (χ1v) is 4.31. The van der Waals surface area contributed by atoms with E-state index in [1.54, 1.807) is 0 Å². The van der Waals surface area contributed by atoms with E-state index in [1.807, 2.05) is 0 Å². The maximum atomic E-state index is 12.2. The maximum Gasteiger partial charge on any atom is 0.487 e. The van der Waals surface area contributed by atoms with Gasteiger partial charge in [-0.15, -0.1) is 8.78 Å². The van der Waals surface area contributed by atoms with Gasteiger partial charge in [-0.3, -0.25) is 4.79 Å². The number of aliphatic carboxylic acids is 1. The lowest BCUT2D eigenvalue weighted by atomic mass is 10.1. The van der Waals surface area contributed by atoms with Crippen LogP contribution in [-0.4, -0.2) is 16.6 Å². The average Bonchev–Trinajstić information content (AvgIpc) is 2.05. The highest BCUT2D eigenvalue weighted by Crippen LogP contribution is 2.24. The smallest absolute Gasteiger partial charge is 0.481 e. The molecule has 0 saturated heterocycles. The van der Waals surface area contributed by atoms with Crippen molar-refractivity contribution in [3.63, 3.8) is 0 Å². The Balaban J connectivity index is 2.68. The number of carbonyl (C=O) groups is 1. The molecule has 15 heavy (non-hydrogen) atoms. The Morgan fingerprint density at radius 3 is 2.33 bits per heavy atom. The zero-order chi connectivity index (χ0) is 11.5. The first-order valence-electron chi connectivity index (χ1n) is 3.93. The van der Waals surface area contributed by atoms with E-state index in [4.69, 9.17) is 5.11 Å². The predicted octanol–water partition coefficient (Wildman–Crippen LogP) is 2.48. The molecule has 3 nitrogen and oxygen atoms in total. The third-order valence-corrected chi connectivity index (χ3v) is 1.59. The Kier molecular flexibility index (Phi) is 3.47. The summed E-state index contributed by atoms with van der Waals surface area (Å²) in [5.41, 5.74) is -3.26. The topological polar surface area (TPSA) is 46.5 Å². The van der Waals surface area contributed by atoms with Crippen molar-refractivity contribution in [2.75, 3.05) is 0 Å². The van der Waals surface area contributed by atoms with Crippen molar-refractivity contribution >= 4 is 17.6 Å². The molecular formula is C9H7ClF2O3. The lowest BCUT2D eigenvalue weighted by Crippen LogP contribution is -2.15. The van der Waals surface area contributed by atoms with Gasteiger partial charge in [-0.1, -0.05) is 12.1 Å². The van der Waals surface area contributed by atoms with Crippen molar-refractivity contribution in [2.45, 2.75) is 12.0 Å². The van der Waals surface area contributed by atoms with Gasteiger partial charge in [-0.25, -0.2) is 0 Å². The van der Waals surface area contributed by atoms with Crippen LogP contribution in [0.15, 0.2) is 24.3 Å². The molecule has 0 aromatic heterocycles. The fourth-order valence-electron chi connectivity index (χ4n) is 0.984. The molecule has 0 unspecified atom stereocenters. The number of hydrogen-bond acceptors (Lipinski definition) is 2. The van der Waals surface area contributed by atoms with E-state index >= 15 is 0 Å². The molecule has 6 heteroatoms. The third kappa shape index (κ3) is 4.60. The molecule has 1 N–H and O–H groups in total. The highest BCUT2D eigenvalue weighted by atomic mass is 35.5. The highest BCUT2D eigenvalue weighted by molar-refractivity contribution is 6.20. The number of benzene rings is 1. The molecule has 1 aromatic carbocycles. The van der Waals surface area contributed by atoms with Gasteiger partial charge in [-0.2, -0.15) is 0 Å². The minimum atomic E-state index is -3.76. The van der Waals surface area contributed by atoms with Gasteiger partial charge in [-0.05, 0) is 17.7 Å². The van der Waals surface area contributed by atoms with E-state index in [2.05, 4.69) is 16.3 Å². The molecule has 0 aliphatic heterocycles. The minimum absolute atomic E-state index is 0.121. The van der Waals surface area contributed by atoms with Crippen molar-refractivity contribution in [1.82, 2.24) is 0 Å². The van der Waals surface area contributed by atoms with E-state index in [1.165, 1.54) is 24.3 Å². The van der Waals surface area contributed by atoms with Gasteiger partial charge in [0.05, 0.1) is 6.42 Å². The van der Waals surface area contributed by atoms with Gasteiger partial charge in [0.25, 0.3) is 0 Å². The summed E-state index contributed by atoms with van der Waals surface area (Å²) in [4.78, 5) is 10.3. The number of alkyl halides is 3. The Hall–Kier alpha value is -1.36. The van der Waals surface area contributed by atoms with Crippen molar-refractivity contribution in [1.29, 1.82) is 0 Å². The molecule has 0 saturated carbocycles. The average molecular weight is 237 g/mol. The van der Waals surface area contributed by atoms with E-state index in [9.17, 15) is 13.6 Å². The molecular weight excluding hydrogens is 230 g/mol. The molecule has 0 fully saturated rings. The Labute approximate surface area is 89.2 Å². The largest absolute Gasteiger partial charge is 0.487 e. The lowest BCUT2D eigenvalue weighted by Gasteiger charge is -2.10. The van der Waals surface area contributed by atoms with E-state index in [0.717, 1.165) is 0 Å². The van der Waals surface area contributed by atoms with Crippen LogP contribution in [0.25, 0.3) is 0 Å². The van der Waals surface area contributed by atoms with Crippen molar-refractivity contribution in [2.24, 2.45) is 0 Å². The SMILES string of the molecule is O=C(O)Cc1ccc(OC(F)(F)Cl)cc1. The number of carboxylic acid groups (broad SMARTS) is 1. The van der Waals surface area contributed by atoms with Crippen LogP contribution in [-0.2, 0) is 11.2 Å². The lowest BCUT2D eigenvalue weighted by molar-refractivity contribution is -0.136. The van der Waals surface area contributed by atoms with Gasteiger partial charge >= 0.3 is 11.5 Å². The molecule has 0 aliphatic carbocycles. The summed E-state index contributed by atoms with van der Waals surface area (Å²) in [6, 6.07) is 5.22. The molecule has 0 aliphatic rings. The first kappa shape index (κ1) is 11.7. The van der Waals surface area contributed by atoms with Gasteiger partial charge in [0.1, 0.15) is 5.75 Å². The molecule has 0 spiro atoms. The van der Waals surface area contributed by atoms with Crippen molar-refractivity contribution in [3.05, 3.63) is 29.8 Å². The van der Waals surface area contributed by atoms with Crippen LogP contribution in [0.4, 0.5) is 8.78 Å². The molecule has 1 rings (SSSR count). The second-order valence-corrected chi connectivity index (χ2v) is 3.20. The van der Waals surface area contributed by atoms with Crippen LogP contribution in [0.5, 0.6) is 5.75 Å². The summed E-state index contributed by atoms with van der Waals surface area (Å²) in [7, 11) is 0. The van der Waals surface area contributed by atoms with Crippen LogP contribution < -0.4 is 4.74 Å². The zero-order valence-electron chi connectivity index (χ0n) is 7.41. The Morgan fingerprint density at radius 1 is 1.40 bits per heavy atom. The highest BCUT2D eigenvalue weighted by Gasteiger charge is 2.27. The standard InChI is InChI=1S/C9H7ClF2O3/c10-9(11,12)15-7-3-1-6(2-4-7)5-8(13)14/h1-4H,5H2,(H,13,14). The fraction of sp³-hybridized carbons (Fsp3) is 0.222. The number of halogens is 3. The van der Waals surface area contributed by atoms with Gasteiger partial charge in [0.15, 0.2) is 0 Å². The molecule has 0 atom stereocenters. The monoisotopic (exact) mass is 236 g/mol. The Bertz CT molecular complexity index is 345. The summed E-state index contributed by atoms with van der Waals surface area (Å²) in [6.45, 7) is 0. The zero-order valence-corrected chi connectivity index (χ0v) is 8.17. The number of carboxylic acids is 1. The molecule has 1 aromatic rings. The van der Waals surface area contributed by atoms with Crippen LogP contribution in [0.1, 0.15) is 5.56 Å². The molecule has 0 heterocycles.